The second kappa shape index (κ2) is 4.69. The lowest BCUT2D eigenvalue weighted by molar-refractivity contribution is -0.108. The summed E-state index contributed by atoms with van der Waals surface area (Å²) in [5.74, 6) is -0.221. The smallest absolute Gasteiger partial charge is 0.137 e. The van der Waals surface area contributed by atoms with Gasteiger partial charge in [0, 0.05) is 6.42 Å². The number of hydrogen-bond donors (Lipinski definition) is 0. The number of halogens is 2. The van der Waals surface area contributed by atoms with Gasteiger partial charge in [-0.3, -0.25) is 0 Å². The molecule has 0 aliphatic rings. The molecule has 3 heteroatoms. The zero-order valence-electron chi connectivity index (χ0n) is 8.18. The quantitative estimate of drug-likeness (QED) is 0.758. The van der Waals surface area contributed by atoms with Gasteiger partial charge in [-0.15, -0.1) is 0 Å². The molecule has 0 aromatic heterocycles. The minimum Gasteiger partial charge on any atom is -0.303 e. The molecule has 1 rings (SSSR count). The molecule has 0 amide bonds. The SMILES string of the molecule is Cc1ccc(F)c(Br)c1C(C)CC=O. The number of aryl methyl sites for hydroxylation is 1. The van der Waals surface area contributed by atoms with Crippen LogP contribution in [0.4, 0.5) is 4.39 Å². The lowest BCUT2D eigenvalue weighted by Gasteiger charge is -2.14. The van der Waals surface area contributed by atoms with Crippen LogP contribution in [0, 0.1) is 12.7 Å². The largest absolute Gasteiger partial charge is 0.303 e. The Labute approximate surface area is 91.5 Å². The fraction of sp³-hybridized carbons (Fsp3) is 0.364. The van der Waals surface area contributed by atoms with Gasteiger partial charge in [-0.25, -0.2) is 4.39 Å². The van der Waals surface area contributed by atoms with Crippen molar-refractivity contribution in [3.8, 4) is 0 Å². The summed E-state index contributed by atoms with van der Waals surface area (Å²) >= 11 is 3.21. The topological polar surface area (TPSA) is 17.1 Å². The Bertz CT molecular complexity index is 349. The van der Waals surface area contributed by atoms with Crippen LogP contribution in [0.25, 0.3) is 0 Å². The summed E-state index contributed by atoms with van der Waals surface area (Å²) in [5, 5.41) is 0. The van der Waals surface area contributed by atoms with Gasteiger partial charge in [0.1, 0.15) is 12.1 Å². The Morgan fingerprint density at radius 2 is 2.21 bits per heavy atom. The number of carbonyl (C=O) groups is 1. The molecule has 0 aliphatic carbocycles. The predicted molar refractivity (Wildman–Crippen MR) is 57.9 cm³/mol. The van der Waals surface area contributed by atoms with Crippen molar-refractivity contribution in [3.63, 3.8) is 0 Å². The number of rotatable bonds is 3. The summed E-state index contributed by atoms with van der Waals surface area (Å²) in [7, 11) is 0. The highest BCUT2D eigenvalue weighted by Crippen LogP contribution is 2.31. The molecule has 0 saturated heterocycles. The fourth-order valence-corrected chi connectivity index (χ4v) is 2.37. The average Bonchev–Trinajstić information content (AvgIpc) is 2.13. The third-order valence-corrected chi connectivity index (χ3v) is 3.10. The van der Waals surface area contributed by atoms with Crippen LogP contribution < -0.4 is 0 Å². The lowest BCUT2D eigenvalue weighted by atomic mass is 9.94. The predicted octanol–water partition coefficient (Wildman–Crippen LogP) is 3.59. The zero-order chi connectivity index (χ0) is 10.7. The summed E-state index contributed by atoms with van der Waals surface area (Å²) in [6.07, 6.45) is 1.28. The Hall–Kier alpha value is -0.700. The van der Waals surface area contributed by atoms with Crippen molar-refractivity contribution in [1.29, 1.82) is 0 Å². The highest BCUT2D eigenvalue weighted by atomic mass is 79.9. The van der Waals surface area contributed by atoms with Crippen molar-refractivity contribution in [2.24, 2.45) is 0 Å². The van der Waals surface area contributed by atoms with Crippen LogP contribution in [0.5, 0.6) is 0 Å². The molecule has 76 valence electrons. The van der Waals surface area contributed by atoms with Crippen LogP contribution in [0.15, 0.2) is 16.6 Å². The standard InChI is InChI=1S/C11H12BrFO/c1-7-3-4-9(13)11(12)10(7)8(2)5-6-14/h3-4,6,8H,5H2,1-2H3. The van der Waals surface area contributed by atoms with E-state index < -0.39 is 0 Å². The zero-order valence-corrected chi connectivity index (χ0v) is 9.77. The molecule has 1 aromatic rings. The molecule has 0 heterocycles. The van der Waals surface area contributed by atoms with Crippen molar-refractivity contribution in [1.82, 2.24) is 0 Å². The highest BCUT2D eigenvalue weighted by Gasteiger charge is 2.14. The van der Waals surface area contributed by atoms with Gasteiger partial charge in [-0.2, -0.15) is 0 Å². The van der Waals surface area contributed by atoms with Crippen LogP contribution in [-0.2, 0) is 4.79 Å². The van der Waals surface area contributed by atoms with Crippen molar-refractivity contribution in [2.75, 3.05) is 0 Å². The summed E-state index contributed by atoms with van der Waals surface area (Å²) in [6, 6.07) is 3.16. The van der Waals surface area contributed by atoms with Gasteiger partial charge in [-0.1, -0.05) is 13.0 Å². The van der Waals surface area contributed by atoms with E-state index in [-0.39, 0.29) is 11.7 Å². The Morgan fingerprint density at radius 3 is 2.79 bits per heavy atom. The molecular weight excluding hydrogens is 247 g/mol. The number of carbonyl (C=O) groups excluding carboxylic acids is 1. The van der Waals surface area contributed by atoms with E-state index in [0.29, 0.717) is 10.9 Å². The van der Waals surface area contributed by atoms with Gasteiger partial charge in [0.15, 0.2) is 0 Å². The minimum atomic E-state index is -0.275. The van der Waals surface area contributed by atoms with E-state index in [4.69, 9.17) is 0 Å². The van der Waals surface area contributed by atoms with E-state index in [1.807, 2.05) is 13.8 Å². The Morgan fingerprint density at radius 1 is 1.57 bits per heavy atom. The minimum absolute atomic E-state index is 0.0533. The number of benzene rings is 1. The first-order valence-corrected chi connectivity index (χ1v) is 5.25. The Balaban J connectivity index is 3.17. The van der Waals surface area contributed by atoms with E-state index in [1.165, 1.54) is 6.07 Å². The first-order chi connectivity index (χ1) is 6.57. The second-order valence-corrected chi connectivity index (χ2v) is 4.19. The molecule has 0 radical (unpaired) electrons. The molecule has 1 aromatic carbocycles. The maximum atomic E-state index is 13.2. The van der Waals surface area contributed by atoms with Gasteiger partial charge >= 0.3 is 0 Å². The molecule has 0 fully saturated rings. The maximum Gasteiger partial charge on any atom is 0.137 e. The van der Waals surface area contributed by atoms with Gasteiger partial charge in [0.25, 0.3) is 0 Å². The summed E-state index contributed by atoms with van der Waals surface area (Å²) < 4.78 is 13.7. The molecule has 1 unspecified atom stereocenters. The van der Waals surface area contributed by atoms with Gasteiger partial charge in [-0.05, 0) is 46.0 Å². The first kappa shape index (κ1) is 11.4. The van der Waals surface area contributed by atoms with Crippen LogP contribution >= 0.6 is 15.9 Å². The Kier molecular flexibility index (Phi) is 3.81. The van der Waals surface area contributed by atoms with E-state index in [9.17, 15) is 9.18 Å². The van der Waals surface area contributed by atoms with Crippen molar-refractivity contribution in [2.45, 2.75) is 26.2 Å². The molecule has 0 N–H and O–H groups in total. The summed E-state index contributed by atoms with van der Waals surface area (Å²) in [6.45, 7) is 3.84. The monoisotopic (exact) mass is 258 g/mol. The van der Waals surface area contributed by atoms with E-state index in [1.54, 1.807) is 6.07 Å². The lowest BCUT2D eigenvalue weighted by Crippen LogP contribution is -2.00. The van der Waals surface area contributed by atoms with Gasteiger partial charge in [0.05, 0.1) is 4.47 Å². The normalized spacial score (nSPS) is 12.6. The number of aldehydes is 1. The summed E-state index contributed by atoms with van der Waals surface area (Å²) in [5.41, 5.74) is 1.89. The third-order valence-electron chi connectivity index (χ3n) is 2.29. The summed E-state index contributed by atoms with van der Waals surface area (Å²) in [4.78, 5) is 10.4. The van der Waals surface area contributed by atoms with Crippen molar-refractivity contribution < 1.29 is 9.18 Å². The number of hydrogen-bond acceptors (Lipinski definition) is 1. The first-order valence-electron chi connectivity index (χ1n) is 4.46. The highest BCUT2D eigenvalue weighted by molar-refractivity contribution is 9.10. The molecule has 1 nitrogen and oxygen atoms in total. The van der Waals surface area contributed by atoms with Crippen LogP contribution in [0.1, 0.15) is 30.4 Å². The maximum absolute atomic E-state index is 13.2. The van der Waals surface area contributed by atoms with Crippen LogP contribution in [0.2, 0.25) is 0 Å². The van der Waals surface area contributed by atoms with E-state index in [2.05, 4.69) is 15.9 Å². The molecule has 14 heavy (non-hydrogen) atoms. The average molecular weight is 259 g/mol. The van der Waals surface area contributed by atoms with Gasteiger partial charge < -0.3 is 4.79 Å². The molecule has 0 bridgehead atoms. The van der Waals surface area contributed by atoms with Crippen LogP contribution in [-0.4, -0.2) is 6.29 Å². The molecule has 0 aliphatic heterocycles. The molecule has 0 saturated carbocycles. The van der Waals surface area contributed by atoms with Gasteiger partial charge in [0.2, 0.25) is 0 Å². The molecular formula is C11H12BrFO. The fourth-order valence-electron chi connectivity index (χ4n) is 1.53. The van der Waals surface area contributed by atoms with Crippen LogP contribution in [0.3, 0.4) is 0 Å². The third kappa shape index (κ3) is 2.21. The second-order valence-electron chi connectivity index (χ2n) is 3.40. The van der Waals surface area contributed by atoms with Crippen molar-refractivity contribution >= 4 is 22.2 Å². The van der Waals surface area contributed by atoms with Crippen molar-refractivity contribution in [3.05, 3.63) is 33.5 Å². The molecule has 1 atom stereocenters. The van der Waals surface area contributed by atoms with E-state index >= 15 is 0 Å². The molecule has 0 spiro atoms. The van der Waals surface area contributed by atoms with E-state index in [0.717, 1.165) is 17.4 Å².